The Balaban J connectivity index is 1.95. The van der Waals surface area contributed by atoms with Gasteiger partial charge in [0.1, 0.15) is 5.82 Å². The van der Waals surface area contributed by atoms with E-state index in [2.05, 4.69) is 0 Å². The maximum atomic E-state index is 14.1. The van der Waals surface area contributed by atoms with Gasteiger partial charge in [-0.25, -0.2) is 12.8 Å². The summed E-state index contributed by atoms with van der Waals surface area (Å²) in [7, 11) is -3.40. The van der Waals surface area contributed by atoms with Crippen molar-refractivity contribution in [1.82, 2.24) is 4.90 Å². The van der Waals surface area contributed by atoms with E-state index in [1.165, 1.54) is 18.2 Å². The predicted molar refractivity (Wildman–Crippen MR) is 103 cm³/mol. The Hall–Kier alpha value is -2.21. The summed E-state index contributed by atoms with van der Waals surface area (Å²) in [6.45, 7) is 4.34. The molecule has 4 nitrogen and oxygen atoms in total. The zero-order valence-electron chi connectivity index (χ0n) is 15.8. The van der Waals surface area contributed by atoms with Crippen LogP contribution in [-0.4, -0.2) is 37.6 Å². The molecule has 1 atom stereocenters. The minimum Gasteiger partial charge on any atom is -0.333 e. The molecule has 3 rings (SSSR count). The average Bonchev–Trinajstić information content (AvgIpc) is 2.97. The second kappa shape index (κ2) is 7.08. The number of hydrogen-bond acceptors (Lipinski definition) is 3. The minimum atomic E-state index is -3.40. The van der Waals surface area contributed by atoms with E-state index in [0.29, 0.717) is 24.1 Å². The molecular formula is C21H24FNO3S. The van der Waals surface area contributed by atoms with Gasteiger partial charge in [0.2, 0.25) is 0 Å². The third-order valence-corrected chi connectivity index (χ3v) is 6.50. The summed E-state index contributed by atoms with van der Waals surface area (Å²) in [6.07, 6.45) is 3.17. The monoisotopic (exact) mass is 389 g/mol. The molecule has 1 aliphatic rings. The van der Waals surface area contributed by atoms with E-state index in [1.807, 2.05) is 6.92 Å². The number of amides is 1. The molecule has 6 heteroatoms. The number of halogens is 1. The van der Waals surface area contributed by atoms with Gasteiger partial charge in [0, 0.05) is 23.9 Å². The molecule has 2 aromatic rings. The highest BCUT2D eigenvalue weighted by molar-refractivity contribution is 7.90. The Kier molecular flexibility index (Phi) is 5.12. The number of rotatable bonds is 4. The largest absolute Gasteiger partial charge is 0.333 e. The van der Waals surface area contributed by atoms with E-state index in [9.17, 15) is 17.6 Å². The van der Waals surface area contributed by atoms with Gasteiger partial charge in [-0.3, -0.25) is 4.79 Å². The lowest BCUT2D eigenvalue weighted by Gasteiger charge is -2.36. The van der Waals surface area contributed by atoms with Gasteiger partial charge < -0.3 is 4.90 Å². The molecular weight excluding hydrogens is 365 g/mol. The molecule has 27 heavy (non-hydrogen) atoms. The topological polar surface area (TPSA) is 54.5 Å². The molecule has 1 unspecified atom stereocenters. The van der Waals surface area contributed by atoms with Crippen LogP contribution >= 0.6 is 0 Å². The molecule has 0 aliphatic carbocycles. The summed E-state index contributed by atoms with van der Waals surface area (Å²) in [6, 6.07) is 11.3. The number of benzene rings is 2. The lowest BCUT2D eigenvalue weighted by Crippen LogP contribution is -2.47. The van der Waals surface area contributed by atoms with Crippen LogP contribution < -0.4 is 0 Å². The van der Waals surface area contributed by atoms with Crippen molar-refractivity contribution in [3.63, 3.8) is 0 Å². The van der Waals surface area contributed by atoms with Crippen molar-refractivity contribution >= 4 is 15.7 Å². The Morgan fingerprint density at radius 1 is 1.22 bits per heavy atom. The van der Waals surface area contributed by atoms with E-state index in [-0.39, 0.29) is 16.6 Å². The third-order valence-electron chi connectivity index (χ3n) is 5.39. The first-order valence-corrected chi connectivity index (χ1v) is 10.9. The normalized spacial score (nSPS) is 20.1. The van der Waals surface area contributed by atoms with Crippen LogP contribution in [0.2, 0.25) is 0 Å². The van der Waals surface area contributed by atoms with Gasteiger partial charge in [-0.05, 0) is 62.4 Å². The van der Waals surface area contributed by atoms with Crippen molar-refractivity contribution in [2.45, 2.75) is 43.5 Å². The van der Waals surface area contributed by atoms with Crippen molar-refractivity contribution in [3.05, 3.63) is 65.0 Å². The lowest BCUT2D eigenvalue weighted by atomic mass is 9.89. The van der Waals surface area contributed by atoms with E-state index in [1.54, 1.807) is 36.1 Å². The van der Waals surface area contributed by atoms with Crippen molar-refractivity contribution in [2.75, 3.05) is 12.8 Å². The molecule has 1 aliphatic heterocycles. The second-order valence-corrected chi connectivity index (χ2v) is 9.59. The van der Waals surface area contributed by atoms with Gasteiger partial charge in [-0.15, -0.1) is 0 Å². The zero-order chi connectivity index (χ0) is 19.8. The van der Waals surface area contributed by atoms with Crippen LogP contribution in [0.5, 0.6) is 0 Å². The summed E-state index contributed by atoms with van der Waals surface area (Å²) in [4.78, 5) is 15.2. The molecule has 0 radical (unpaired) electrons. The fraction of sp³-hybridized carbons (Fsp3) is 0.381. The molecule has 1 fully saturated rings. The number of hydrogen-bond donors (Lipinski definition) is 0. The summed E-state index contributed by atoms with van der Waals surface area (Å²) >= 11 is 0. The second-order valence-electron chi connectivity index (χ2n) is 7.57. The van der Waals surface area contributed by atoms with Gasteiger partial charge in [-0.1, -0.05) is 24.3 Å². The third kappa shape index (κ3) is 3.90. The summed E-state index contributed by atoms with van der Waals surface area (Å²) in [5, 5.41) is 0. The molecule has 0 aromatic heterocycles. The maximum Gasteiger partial charge on any atom is 0.254 e. The van der Waals surface area contributed by atoms with Crippen LogP contribution in [0.25, 0.3) is 0 Å². The fourth-order valence-corrected chi connectivity index (χ4v) is 4.46. The molecule has 2 aromatic carbocycles. The highest BCUT2D eigenvalue weighted by Crippen LogP contribution is 2.35. The smallest absolute Gasteiger partial charge is 0.254 e. The van der Waals surface area contributed by atoms with Crippen LogP contribution in [-0.2, 0) is 16.3 Å². The van der Waals surface area contributed by atoms with E-state index in [0.717, 1.165) is 24.7 Å². The predicted octanol–water partition coefficient (Wildman–Crippen LogP) is 3.78. The van der Waals surface area contributed by atoms with E-state index in [4.69, 9.17) is 0 Å². The fourth-order valence-electron chi connectivity index (χ4n) is 3.81. The number of carbonyl (C=O) groups is 1. The van der Waals surface area contributed by atoms with Crippen LogP contribution in [0.1, 0.15) is 41.3 Å². The van der Waals surface area contributed by atoms with Crippen LogP contribution in [0.15, 0.2) is 47.4 Å². The Morgan fingerprint density at radius 2 is 1.93 bits per heavy atom. The highest BCUT2D eigenvalue weighted by atomic mass is 32.2. The van der Waals surface area contributed by atoms with Gasteiger partial charge in [0.05, 0.1) is 4.90 Å². The zero-order valence-corrected chi connectivity index (χ0v) is 16.6. The number of carbonyl (C=O) groups excluding carboxylic acids is 1. The first kappa shape index (κ1) is 19.5. The molecule has 0 saturated carbocycles. The lowest BCUT2D eigenvalue weighted by molar-refractivity contribution is 0.0622. The summed E-state index contributed by atoms with van der Waals surface area (Å²) in [5.74, 6) is -0.470. The van der Waals surface area contributed by atoms with Gasteiger partial charge in [0.25, 0.3) is 5.91 Å². The Morgan fingerprint density at radius 3 is 2.59 bits per heavy atom. The van der Waals surface area contributed by atoms with Crippen LogP contribution in [0.4, 0.5) is 4.39 Å². The number of sulfone groups is 1. The summed E-state index contributed by atoms with van der Waals surface area (Å²) in [5.41, 5.74) is 1.20. The number of nitrogens with zero attached hydrogens (tertiary/aromatic N) is 1. The maximum absolute atomic E-state index is 14.1. The van der Waals surface area contributed by atoms with Crippen LogP contribution in [0, 0.1) is 12.7 Å². The quantitative estimate of drug-likeness (QED) is 0.800. The van der Waals surface area contributed by atoms with Crippen molar-refractivity contribution in [1.29, 1.82) is 0 Å². The van der Waals surface area contributed by atoms with Gasteiger partial charge >= 0.3 is 0 Å². The number of aryl methyl sites for hydroxylation is 1. The first-order chi connectivity index (χ1) is 12.6. The molecule has 0 spiro atoms. The van der Waals surface area contributed by atoms with E-state index >= 15 is 0 Å². The molecule has 1 heterocycles. The minimum absolute atomic E-state index is 0.131. The first-order valence-electron chi connectivity index (χ1n) is 8.98. The summed E-state index contributed by atoms with van der Waals surface area (Å²) < 4.78 is 37.9. The molecule has 1 saturated heterocycles. The van der Waals surface area contributed by atoms with Crippen molar-refractivity contribution in [2.24, 2.45) is 0 Å². The number of likely N-dealkylation sites (tertiary alicyclic amines) is 1. The van der Waals surface area contributed by atoms with E-state index < -0.39 is 15.4 Å². The van der Waals surface area contributed by atoms with Crippen molar-refractivity contribution in [3.8, 4) is 0 Å². The average molecular weight is 389 g/mol. The molecule has 0 bridgehead atoms. The molecule has 1 amide bonds. The van der Waals surface area contributed by atoms with Crippen LogP contribution in [0.3, 0.4) is 0 Å². The van der Waals surface area contributed by atoms with Crippen molar-refractivity contribution < 1.29 is 17.6 Å². The Bertz CT molecular complexity index is 987. The SMILES string of the molecule is Cc1ccc(S(C)(=O)=O)cc1C(=O)N1CCCC1(C)Cc1ccccc1F. The highest BCUT2D eigenvalue weighted by Gasteiger charge is 2.40. The standard InChI is InChI=1S/C21H24FNO3S/c1-15-9-10-17(27(3,25)26)13-18(15)20(24)23-12-6-11-21(23,2)14-16-7-4-5-8-19(16)22/h4-5,7-10,13H,6,11-12,14H2,1-3H3. The molecule has 0 N–H and O–H groups in total. The van der Waals surface area contributed by atoms with Gasteiger partial charge in [0.15, 0.2) is 9.84 Å². The molecule has 144 valence electrons. The van der Waals surface area contributed by atoms with Gasteiger partial charge in [-0.2, -0.15) is 0 Å². The Labute approximate surface area is 159 Å².